The van der Waals surface area contributed by atoms with E-state index in [1.54, 1.807) is 12.1 Å². The Labute approximate surface area is 122 Å². The molecule has 4 heteroatoms. The van der Waals surface area contributed by atoms with Crippen molar-refractivity contribution in [1.29, 1.82) is 0 Å². The Bertz CT molecular complexity index is 391. The van der Waals surface area contributed by atoms with Crippen LogP contribution < -0.4 is 5.73 Å². The largest absolute Gasteiger partial charge is 0.323 e. The van der Waals surface area contributed by atoms with Gasteiger partial charge in [-0.25, -0.2) is 4.39 Å². The Balaban J connectivity index is 2.79. The zero-order valence-electron chi connectivity index (χ0n) is 13.3. The molecule has 114 valence electrons. The predicted octanol–water partition coefficient (Wildman–Crippen LogP) is 2.49. The zero-order chi connectivity index (χ0) is 15.3. The highest BCUT2D eigenvalue weighted by molar-refractivity contribution is 5.21. The molecular formula is C16H28FN3. The number of likely N-dealkylation sites (N-methyl/N-ethyl adjacent to an activating group) is 2. The average molecular weight is 281 g/mol. The lowest BCUT2D eigenvalue weighted by Crippen LogP contribution is -2.48. The van der Waals surface area contributed by atoms with Crippen LogP contribution in [0, 0.1) is 5.82 Å². The Morgan fingerprint density at radius 2 is 1.70 bits per heavy atom. The summed E-state index contributed by atoms with van der Waals surface area (Å²) in [4.78, 5) is 4.58. The summed E-state index contributed by atoms with van der Waals surface area (Å²) >= 11 is 0. The van der Waals surface area contributed by atoms with E-state index in [0.29, 0.717) is 6.04 Å². The monoisotopic (exact) mass is 281 g/mol. The molecule has 20 heavy (non-hydrogen) atoms. The van der Waals surface area contributed by atoms with E-state index >= 15 is 0 Å². The number of benzene rings is 1. The van der Waals surface area contributed by atoms with Crippen molar-refractivity contribution in [3.05, 3.63) is 35.6 Å². The van der Waals surface area contributed by atoms with Gasteiger partial charge in [-0.2, -0.15) is 0 Å². The molecule has 0 spiro atoms. The van der Waals surface area contributed by atoms with Crippen LogP contribution >= 0.6 is 0 Å². The van der Waals surface area contributed by atoms with Gasteiger partial charge in [-0.1, -0.05) is 19.1 Å². The first-order valence-electron chi connectivity index (χ1n) is 7.28. The molecule has 0 heterocycles. The fraction of sp³-hybridized carbons (Fsp3) is 0.625. The molecule has 1 aromatic carbocycles. The maximum Gasteiger partial charge on any atom is 0.123 e. The molecule has 0 fully saturated rings. The van der Waals surface area contributed by atoms with Crippen molar-refractivity contribution in [3.63, 3.8) is 0 Å². The second-order valence-corrected chi connectivity index (χ2v) is 5.76. The summed E-state index contributed by atoms with van der Waals surface area (Å²) < 4.78 is 13.0. The molecule has 0 bridgehead atoms. The van der Waals surface area contributed by atoms with Crippen molar-refractivity contribution in [1.82, 2.24) is 9.80 Å². The summed E-state index contributed by atoms with van der Waals surface area (Å²) in [6.45, 7) is 8.46. The first-order chi connectivity index (χ1) is 9.36. The highest BCUT2D eigenvalue weighted by atomic mass is 19.1. The number of hydrogen-bond donors (Lipinski definition) is 1. The minimum absolute atomic E-state index is 0.111. The van der Waals surface area contributed by atoms with Gasteiger partial charge in [-0.05, 0) is 52.2 Å². The third kappa shape index (κ3) is 4.54. The molecule has 0 saturated carbocycles. The SMILES string of the molecule is CCN(C(C)CN(C)C)C(C)C(N)c1ccc(F)cc1. The first kappa shape index (κ1) is 17.1. The van der Waals surface area contributed by atoms with Gasteiger partial charge in [0.2, 0.25) is 0 Å². The van der Waals surface area contributed by atoms with E-state index in [2.05, 4.69) is 44.7 Å². The number of nitrogens with two attached hydrogens (primary N) is 1. The van der Waals surface area contributed by atoms with Gasteiger partial charge in [0.1, 0.15) is 5.82 Å². The van der Waals surface area contributed by atoms with E-state index < -0.39 is 0 Å². The van der Waals surface area contributed by atoms with Gasteiger partial charge in [-0.15, -0.1) is 0 Å². The molecule has 0 aliphatic rings. The van der Waals surface area contributed by atoms with Gasteiger partial charge in [-0.3, -0.25) is 4.90 Å². The van der Waals surface area contributed by atoms with Crippen LogP contribution in [-0.4, -0.2) is 49.1 Å². The minimum atomic E-state index is -0.220. The van der Waals surface area contributed by atoms with Gasteiger partial charge < -0.3 is 10.6 Å². The molecule has 0 amide bonds. The second-order valence-electron chi connectivity index (χ2n) is 5.76. The fourth-order valence-corrected chi connectivity index (χ4v) is 2.80. The second kappa shape index (κ2) is 7.72. The summed E-state index contributed by atoms with van der Waals surface area (Å²) in [7, 11) is 4.16. The van der Waals surface area contributed by atoms with Crippen molar-refractivity contribution in [3.8, 4) is 0 Å². The Morgan fingerprint density at radius 3 is 2.15 bits per heavy atom. The molecule has 3 nitrogen and oxygen atoms in total. The van der Waals surface area contributed by atoms with Crippen molar-refractivity contribution in [2.45, 2.75) is 38.9 Å². The molecule has 0 radical (unpaired) electrons. The third-order valence-electron chi connectivity index (χ3n) is 3.86. The average Bonchev–Trinajstić information content (AvgIpc) is 2.38. The number of nitrogens with zero attached hydrogens (tertiary/aromatic N) is 2. The molecule has 0 saturated heterocycles. The van der Waals surface area contributed by atoms with Crippen LogP contribution in [0.25, 0.3) is 0 Å². The van der Waals surface area contributed by atoms with E-state index in [4.69, 9.17) is 5.73 Å². The van der Waals surface area contributed by atoms with Crippen LogP contribution in [-0.2, 0) is 0 Å². The zero-order valence-corrected chi connectivity index (χ0v) is 13.3. The lowest BCUT2D eigenvalue weighted by Gasteiger charge is -2.38. The van der Waals surface area contributed by atoms with Gasteiger partial charge in [0, 0.05) is 24.7 Å². The van der Waals surface area contributed by atoms with E-state index in [1.165, 1.54) is 12.1 Å². The lowest BCUT2D eigenvalue weighted by molar-refractivity contribution is 0.120. The summed E-state index contributed by atoms with van der Waals surface area (Å²) in [6.07, 6.45) is 0. The van der Waals surface area contributed by atoms with Crippen LogP contribution in [0.3, 0.4) is 0 Å². The van der Waals surface area contributed by atoms with Crippen molar-refractivity contribution >= 4 is 0 Å². The number of halogens is 1. The number of rotatable bonds is 7. The van der Waals surface area contributed by atoms with E-state index in [9.17, 15) is 4.39 Å². The van der Waals surface area contributed by atoms with Gasteiger partial charge >= 0.3 is 0 Å². The van der Waals surface area contributed by atoms with E-state index in [1.807, 2.05) is 0 Å². The maximum absolute atomic E-state index is 13.0. The first-order valence-corrected chi connectivity index (χ1v) is 7.28. The third-order valence-corrected chi connectivity index (χ3v) is 3.86. The van der Waals surface area contributed by atoms with Crippen LogP contribution in [0.5, 0.6) is 0 Å². The topological polar surface area (TPSA) is 32.5 Å². The van der Waals surface area contributed by atoms with Crippen molar-refractivity contribution < 1.29 is 4.39 Å². The Hall–Kier alpha value is -0.970. The van der Waals surface area contributed by atoms with Crippen LogP contribution in [0.15, 0.2) is 24.3 Å². The minimum Gasteiger partial charge on any atom is -0.323 e. The quantitative estimate of drug-likeness (QED) is 0.833. The van der Waals surface area contributed by atoms with E-state index in [0.717, 1.165) is 18.7 Å². The molecule has 1 aromatic rings. The molecule has 0 aliphatic heterocycles. The number of hydrogen-bond acceptors (Lipinski definition) is 3. The molecule has 3 atom stereocenters. The van der Waals surface area contributed by atoms with Gasteiger partial charge in [0.15, 0.2) is 0 Å². The maximum atomic E-state index is 13.0. The molecule has 2 N–H and O–H groups in total. The smallest absolute Gasteiger partial charge is 0.123 e. The van der Waals surface area contributed by atoms with Gasteiger partial charge in [0.25, 0.3) is 0 Å². The molecule has 0 aromatic heterocycles. The fourth-order valence-electron chi connectivity index (χ4n) is 2.80. The standard InChI is InChI=1S/C16H28FN3/c1-6-20(12(2)11-19(4)5)13(3)16(18)14-7-9-15(17)10-8-14/h7-10,12-13,16H,6,11,18H2,1-5H3. The highest BCUT2D eigenvalue weighted by Gasteiger charge is 2.24. The van der Waals surface area contributed by atoms with Crippen LogP contribution in [0.4, 0.5) is 4.39 Å². The molecule has 3 unspecified atom stereocenters. The lowest BCUT2D eigenvalue weighted by atomic mass is 9.99. The normalized spacial score (nSPS) is 16.4. The van der Waals surface area contributed by atoms with Crippen molar-refractivity contribution in [2.24, 2.45) is 5.73 Å². The van der Waals surface area contributed by atoms with Crippen LogP contribution in [0.1, 0.15) is 32.4 Å². The Kier molecular flexibility index (Phi) is 6.59. The molecule has 0 aliphatic carbocycles. The van der Waals surface area contributed by atoms with Gasteiger partial charge in [0.05, 0.1) is 0 Å². The predicted molar refractivity (Wildman–Crippen MR) is 83.2 cm³/mol. The van der Waals surface area contributed by atoms with E-state index in [-0.39, 0.29) is 17.9 Å². The summed E-state index contributed by atoms with van der Waals surface area (Å²) in [6, 6.07) is 7.03. The van der Waals surface area contributed by atoms with Crippen molar-refractivity contribution in [2.75, 3.05) is 27.2 Å². The summed E-state index contributed by atoms with van der Waals surface area (Å²) in [5, 5.41) is 0. The van der Waals surface area contributed by atoms with Crippen LogP contribution in [0.2, 0.25) is 0 Å². The molecule has 1 rings (SSSR count). The molecular weight excluding hydrogens is 253 g/mol. The Morgan fingerprint density at radius 1 is 1.15 bits per heavy atom. The highest BCUT2D eigenvalue weighted by Crippen LogP contribution is 2.20. The summed E-state index contributed by atoms with van der Waals surface area (Å²) in [5.74, 6) is -0.220. The summed E-state index contributed by atoms with van der Waals surface area (Å²) in [5.41, 5.74) is 7.34.